The van der Waals surface area contributed by atoms with Gasteiger partial charge in [0.25, 0.3) is 0 Å². The summed E-state index contributed by atoms with van der Waals surface area (Å²) in [6.07, 6.45) is 4.53. The molecular weight excluding hydrogens is 240 g/mol. The zero-order valence-electron chi connectivity index (χ0n) is 11.4. The topological polar surface area (TPSA) is 47.3 Å². The van der Waals surface area contributed by atoms with Gasteiger partial charge in [-0.05, 0) is 19.4 Å². The Labute approximate surface area is 113 Å². The molecule has 1 atom stereocenters. The zero-order chi connectivity index (χ0) is 13.7. The summed E-state index contributed by atoms with van der Waals surface area (Å²) in [6, 6.07) is 7.64. The van der Waals surface area contributed by atoms with Crippen LogP contribution in [0.3, 0.4) is 0 Å². The number of hydrogen-bond acceptors (Lipinski definition) is 3. The fraction of sp³-hybridized carbons (Fsp3) is 0.400. The van der Waals surface area contributed by atoms with Crippen molar-refractivity contribution < 1.29 is 9.84 Å². The molecule has 1 aromatic heterocycles. The molecule has 1 N–H and O–H groups in total. The number of rotatable bonds is 6. The molecule has 1 heterocycles. The molecule has 0 saturated carbocycles. The molecule has 4 nitrogen and oxygen atoms in total. The van der Waals surface area contributed by atoms with E-state index in [4.69, 9.17) is 4.74 Å². The highest BCUT2D eigenvalue weighted by Crippen LogP contribution is 2.27. The number of benzene rings is 1. The standard InChI is InChI=1S/C15H20N2O2/c1-3-19-14-7-5-4-6-12(14)13(18)8-9-15-16-10-11-17(15)2/h4-7,10-11,13,18H,3,8-9H2,1-2H3. The minimum absolute atomic E-state index is 0.528. The van der Waals surface area contributed by atoms with Gasteiger partial charge in [0.1, 0.15) is 11.6 Å². The monoisotopic (exact) mass is 260 g/mol. The third kappa shape index (κ3) is 3.35. The lowest BCUT2D eigenvalue weighted by molar-refractivity contribution is 0.161. The number of aliphatic hydroxyl groups is 1. The Hall–Kier alpha value is -1.81. The zero-order valence-corrected chi connectivity index (χ0v) is 11.4. The second-order valence-corrected chi connectivity index (χ2v) is 4.48. The van der Waals surface area contributed by atoms with E-state index in [-0.39, 0.29) is 0 Å². The average molecular weight is 260 g/mol. The fourth-order valence-corrected chi connectivity index (χ4v) is 2.10. The second-order valence-electron chi connectivity index (χ2n) is 4.48. The van der Waals surface area contributed by atoms with Crippen LogP contribution >= 0.6 is 0 Å². The molecule has 1 aromatic carbocycles. The predicted octanol–water partition coefficient (Wildman–Crippen LogP) is 2.49. The number of imidazole rings is 1. The van der Waals surface area contributed by atoms with Gasteiger partial charge in [-0.25, -0.2) is 4.98 Å². The molecule has 4 heteroatoms. The maximum atomic E-state index is 10.3. The van der Waals surface area contributed by atoms with E-state index >= 15 is 0 Å². The Morgan fingerprint density at radius 1 is 1.37 bits per heavy atom. The Balaban J connectivity index is 2.03. The third-order valence-corrected chi connectivity index (χ3v) is 3.14. The molecule has 2 aromatic rings. The summed E-state index contributed by atoms with van der Waals surface area (Å²) in [5.41, 5.74) is 0.846. The lowest BCUT2D eigenvalue weighted by atomic mass is 10.0. The van der Waals surface area contributed by atoms with E-state index in [1.807, 2.05) is 49.0 Å². The van der Waals surface area contributed by atoms with Crippen LogP contribution in [0.2, 0.25) is 0 Å². The van der Waals surface area contributed by atoms with Crippen molar-refractivity contribution in [3.8, 4) is 5.75 Å². The molecule has 0 spiro atoms. The van der Waals surface area contributed by atoms with Crippen LogP contribution in [0.25, 0.3) is 0 Å². The van der Waals surface area contributed by atoms with Gasteiger partial charge in [-0.2, -0.15) is 0 Å². The summed E-state index contributed by atoms with van der Waals surface area (Å²) in [6.45, 7) is 2.54. The number of aryl methyl sites for hydroxylation is 2. The molecular formula is C15H20N2O2. The van der Waals surface area contributed by atoms with Crippen molar-refractivity contribution in [1.82, 2.24) is 9.55 Å². The van der Waals surface area contributed by atoms with Gasteiger partial charge in [0.05, 0.1) is 12.7 Å². The summed E-state index contributed by atoms with van der Waals surface area (Å²) in [7, 11) is 1.96. The molecule has 19 heavy (non-hydrogen) atoms. The number of para-hydroxylation sites is 1. The van der Waals surface area contributed by atoms with Gasteiger partial charge in [-0.3, -0.25) is 0 Å². The Kier molecular flexibility index (Phi) is 4.58. The van der Waals surface area contributed by atoms with E-state index < -0.39 is 6.10 Å². The highest BCUT2D eigenvalue weighted by atomic mass is 16.5. The van der Waals surface area contributed by atoms with Crippen molar-refractivity contribution in [2.24, 2.45) is 7.05 Å². The van der Waals surface area contributed by atoms with Gasteiger partial charge < -0.3 is 14.4 Å². The second kappa shape index (κ2) is 6.38. The van der Waals surface area contributed by atoms with Crippen LogP contribution in [0.1, 0.15) is 30.8 Å². The van der Waals surface area contributed by atoms with E-state index in [9.17, 15) is 5.11 Å². The summed E-state index contributed by atoms with van der Waals surface area (Å²) in [5, 5.41) is 10.3. The van der Waals surface area contributed by atoms with E-state index in [2.05, 4.69) is 4.98 Å². The average Bonchev–Trinajstić information content (AvgIpc) is 2.82. The summed E-state index contributed by atoms with van der Waals surface area (Å²) < 4.78 is 7.51. The van der Waals surface area contributed by atoms with E-state index in [0.717, 1.165) is 23.6 Å². The van der Waals surface area contributed by atoms with Crippen molar-refractivity contribution in [2.75, 3.05) is 6.61 Å². The molecule has 2 rings (SSSR count). The first kappa shape index (κ1) is 13.6. The van der Waals surface area contributed by atoms with Crippen LogP contribution in [0.4, 0.5) is 0 Å². The van der Waals surface area contributed by atoms with Gasteiger partial charge in [-0.1, -0.05) is 18.2 Å². The highest BCUT2D eigenvalue weighted by molar-refractivity contribution is 5.35. The summed E-state index contributed by atoms with van der Waals surface area (Å²) >= 11 is 0. The fourth-order valence-electron chi connectivity index (χ4n) is 2.10. The largest absolute Gasteiger partial charge is 0.493 e. The predicted molar refractivity (Wildman–Crippen MR) is 74.1 cm³/mol. The van der Waals surface area contributed by atoms with Gasteiger partial charge in [0.2, 0.25) is 0 Å². The first-order valence-electron chi connectivity index (χ1n) is 6.58. The van der Waals surface area contributed by atoms with Crippen molar-refractivity contribution in [2.45, 2.75) is 25.9 Å². The van der Waals surface area contributed by atoms with E-state index in [1.54, 1.807) is 6.20 Å². The lowest BCUT2D eigenvalue weighted by Gasteiger charge is -2.15. The first-order valence-corrected chi connectivity index (χ1v) is 6.58. The molecule has 1 unspecified atom stereocenters. The Morgan fingerprint density at radius 2 is 2.16 bits per heavy atom. The molecule has 0 bridgehead atoms. The number of ether oxygens (including phenoxy) is 1. The third-order valence-electron chi connectivity index (χ3n) is 3.14. The van der Waals surface area contributed by atoms with Crippen molar-refractivity contribution in [3.63, 3.8) is 0 Å². The van der Waals surface area contributed by atoms with Gasteiger partial charge in [0, 0.05) is 31.4 Å². The molecule has 0 aliphatic carbocycles. The molecule has 0 amide bonds. The van der Waals surface area contributed by atoms with E-state index in [1.165, 1.54) is 0 Å². The van der Waals surface area contributed by atoms with Crippen LogP contribution in [-0.2, 0) is 13.5 Å². The van der Waals surface area contributed by atoms with Crippen LogP contribution < -0.4 is 4.74 Å². The molecule has 0 aliphatic heterocycles. The summed E-state index contributed by atoms with van der Waals surface area (Å²) in [5.74, 6) is 1.74. The summed E-state index contributed by atoms with van der Waals surface area (Å²) in [4.78, 5) is 4.26. The number of aliphatic hydroxyl groups excluding tert-OH is 1. The number of hydrogen-bond donors (Lipinski definition) is 1. The Bertz CT molecular complexity index is 522. The maximum absolute atomic E-state index is 10.3. The normalized spacial score (nSPS) is 12.4. The van der Waals surface area contributed by atoms with Crippen LogP contribution in [-0.4, -0.2) is 21.3 Å². The van der Waals surface area contributed by atoms with Gasteiger partial charge >= 0.3 is 0 Å². The van der Waals surface area contributed by atoms with E-state index in [0.29, 0.717) is 13.0 Å². The molecule has 102 valence electrons. The number of aromatic nitrogens is 2. The Morgan fingerprint density at radius 3 is 2.84 bits per heavy atom. The van der Waals surface area contributed by atoms with Crippen molar-refractivity contribution in [1.29, 1.82) is 0 Å². The minimum Gasteiger partial charge on any atom is -0.493 e. The minimum atomic E-state index is -0.528. The van der Waals surface area contributed by atoms with Crippen LogP contribution in [0, 0.1) is 0 Å². The smallest absolute Gasteiger partial charge is 0.125 e. The molecule has 0 aliphatic rings. The highest BCUT2D eigenvalue weighted by Gasteiger charge is 2.13. The van der Waals surface area contributed by atoms with Gasteiger partial charge in [-0.15, -0.1) is 0 Å². The quantitative estimate of drug-likeness (QED) is 0.868. The first-order chi connectivity index (χ1) is 9.22. The van der Waals surface area contributed by atoms with Crippen molar-refractivity contribution >= 4 is 0 Å². The van der Waals surface area contributed by atoms with Crippen LogP contribution in [0.15, 0.2) is 36.7 Å². The molecule has 0 radical (unpaired) electrons. The SMILES string of the molecule is CCOc1ccccc1C(O)CCc1nccn1C. The molecule has 0 saturated heterocycles. The maximum Gasteiger partial charge on any atom is 0.125 e. The number of nitrogens with zero attached hydrogens (tertiary/aromatic N) is 2. The van der Waals surface area contributed by atoms with Crippen LogP contribution in [0.5, 0.6) is 5.75 Å². The molecule has 0 fully saturated rings. The van der Waals surface area contributed by atoms with Crippen molar-refractivity contribution in [3.05, 3.63) is 48.0 Å². The van der Waals surface area contributed by atoms with Gasteiger partial charge in [0.15, 0.2) is 0 Å². The lowest BCUT2D eigenvalue weighted by Crippen LogP contribution is -2.06.